The summed E-state index contributed by atoms with van der Waals surface area (Å²) in [5.74, 6) is -0.242. The molecule has 0 saturated heterocycles. The van der Waals surface area contributed by atoms with Gasteiger partial charge < -0.3 is 24.9 Å². The molecular weight excluding hydrogens is 501 g/mol. The predicted molar refractivity (Wildman–Crippen MR) is 141 cm³/mol. The Labute approximate surface area is 213 Å². The number of nitrogens with zero attached hydrogens (tertiary/aromatic N) is 1. The molecule has 0 aliphatic rings. The number of hydrogen-bond acceptors (Lipinski definition) is 7. The lowest BCUT2D eigenvalue weighted by Crippen LogP contribution is -2.32. The number of benzene rings is 3. The number of ether oxygens (including phenoxy) is 1. The first kappa shape index (κ1) is 26.0. The van der Waals surface area contributed by atoms with Crippen LogP contribution in [0.3, 0.4) is 0 Å². The first-order chi connectivity index (χ1) is 17.7. The number of anilines is 3. The van der Waals surface area contributed by atoms with Crippen LogP contribution in [-0.2, 0) is 10.0 Å². The summed E-state index contributed by atoms with van der Waals surface area (Å²) in [6.45, 7) is -0.585. The van der Waals surface area contributed by atoms with Gasteiger partial charge in [-0.05, 0) is 54.6 Å². The molecule has 0 aliphatic heterocycles. The van der Waals surface area contributed by atoms with Crippen LogP contribution in [0.15, 0.2) is 65.1 Å². The van der Waals surface area contributed by atoms with E-state index in [0.717, 1.165) is 16.2 Å². The van der Waals surface area contributed by atoms with Gasteiger partial charge in [-0.25, -0.2) is 12.8 Å². The highest BCUT2D eigenvalue weighted by Gasteiger charge is 2.27. The van der Waals surface area contributed by atoms with Gasteiger partial charge in [0.05, 0.1) is 37.8 Å². The number of amides is 1. The number of hydrogen-bond donors (Lipinski definition) is 3. The molecule has 4 aromatic rings. The maximum Gasteiger partial charge on any atom is 0.255 e. The zero-order chi connectivity index (χ0) is 26.7. The van der Waals surface area contributed by atoms with Crippen molar-refractivity contribution >= 4 is 44.0 Å². The van der Waals surface area contributed by atoms with Crippen molar-refractivity contribution in [2.24, 2.45) is 0 Å². The molecule has 1 amide bonds. The molecule has 0 saturated carbocycles. The van der Waals surface area contributed by atoms with Gasteiger partial charge in [-0.3, -0.25) is 9.10 Å². The maximum absolute atomic E-state index is 13.2. The number of aliphatic hydroxyl groups is 1. The highest BCUT2D eigenvalue weighted by molar-refractivity contribution is 7.92. The molecule has 0 spiro atoms. The third-order valence-electron chi connectivity index (χ3n) is 5.70. The molecule has 0 radical (unpaired) electrons. The van der Waals surface area contributed by atoms with Crippen molar-refractivity contribution in [3.05, 3.63) is 72.0 Å². The molecule has 194 valence electrons. The van der Waals surface area contributed by atoms with E-state index in [2.05, 4.69) is 10.6 Å². The second-order valence-corrected chi connectivity index (χ2v) is 10.1. The molecule has 11 heteroatoms. The lowest BCUT2D eigenvalue weighted by atomic mass is 10.0. The topological polar surface area (TPSA) is 121 Å². The number of furan rings is 1. The van der Waals surface area contributed by atoms with Crippen LogP contribution in [0, 0.1) is 5.82 Å². The van der Waals surface area contributed by atoms with Crippen molar-refractivity contribution in [2.75, 3.05) is 43.2 Å². The highest BCUT2D eigenvalue weighted by Crippen LogP contribution is 2.41. The van der Waals surface area contributed by atoms with Crippen LogP contribution in [0.25, 0.3) is 22.3 Å². The van der Waals surface area contributed by atoms with Gasteiger partial charge in [0.25, 0.3) is 5.91 Å². The minimum absolute atomic E-state index is 0.175. The largest absolute Gasteiger partial charge is 0.495 e. The van der Waals surface area contributed by atoms with Crippen LogP contribution in [0.1, 0.15) is 10.4 Å². The molecular formula is C26H26FN3O6S. The molecule has 37 heavy (non-hydrogen) atoms. The molecule has 0 aliphatic carbocycles. The number of methoxy groups -OCH3 is 1. The van der Waals surface area contributed by atoms with Gasteiger partial charge >= 0.3 is 0 Å². The molecule has 3 aromatic carbocycles. The fraction of sp³-hybridized carbons (Fsp3) is 0.192. The van der Waals surface area contributed by atoms with Crippen molar-refractivity contribution < 1.29 is 31.9 Å². The first-order valence-electron chi connectivity index (χ1n) is 11.2. The van der Waals surface area contributed by atoms with Gasteiger partial charge in [0.15, 0.2) is 0 Å². The Morgan fingerprint density at radius 2 is 1.70 bits per heavy atom. The van der Waals surface area contributed by atoms with E-state index in [0.29, 0.717) is 16.6 Å². The fourth-order valence-corrected chi connectivity index (χ4v) is 4.90. The first-order valence-corrected chi connectivity index (χ1v) is 13.1. The van der Waals surface area contributed by atoms with Crippen molar-refractivity contribution in [1.29, 1.82) is 0 Å². The predicted octanol–water partition coefficient (Wildman–Crippen LogP) is 4.11. The molecule has 3 N–H and O–H groups in total. The van der Waals surface area contributed by atoms with Gasteiger partial charge in [0.2, 0.25) is 10.0 Å². The van der Waals surface area contributed by atoms with E-state index < -0.39 is 22.5 Å². The summed E-state index contributed by atoms with van der Waals surface area (Å²) in [5, 5.41) is 15.6. The summed E-state index contributed by atoms with van der Waals surface area (Å²) in [6, 6.07) is 16.1. The van der Waals surface area contributed by atoms with E-state index in [1.54, 1.807) is 42.5 Å². The molecule has 1 aromatic heterocycles. The van der Waals surface area contributed by atoms with E-state index in [9.17, 15) is 22.7 Å². The summed E-state index contributed by atoms with van der Waals surface area (Å²) >= 11 is 0. The second-order valence-electron chi connectivity index (χ2n) is 8.17. The minimum Gasteiger partial charge on any atom is -0.495 e. The quantitative estimate of drug-likeness (QED) is 0.300. The number of fused-ring (bicyclic) bond motifs is 1. The van der Waals surface area contributed by atoms with Crippen LogP contribution in [0.4, 0.5) is 21.5 Å². The van der Waals surface area contributed by atoms with E-state index in [4.69, 9.17) is 9.15 Å². The lowest BCUT2D eigenvalue weighted by molar-refractivity contribution is 0.0964. The third kappa shape index (κ3) is 5.37. The monoisotopic (exact) mass is 527 g/mol. The molecule has 1 heterocycles. The van der Waals surface area contributed by atoms with E-state index in [1.807, 2.05) is 0 Å². The summed E-state index contributed by atoms with van der Waals surface area (Å²) < 4.78 is 50.5. The van der Waals surface area contributed by atoms with Gasteiger partial charge in [-0.1, -0.05) is 0 Å². The Kier molecular flexibility index (Phi) is 7.37. The number of halogens is 1. The van der Waals surface area contributed by atoms with Crippen LogP contribution < -0.4 is 19.7 Å². The van der Waals surface area contributed by atoms with Crippen LogP contribution in [-0.4, -0.2) is 53.0 Å². The average Bonchev–Trinajstić information content (AvgIpc) is 3.25. The number of nitrogens with one attached hydrogen (secondary N) is 2. The standard InChI is InChI=1S/C26H26FN3O6S/c1-28-26(32)24-20-14-23(35-2)21(30(12-13-31)37(3,33)34)15-22(20)36-25(24)16-4-8-18(9-5-16)29-19-10-6-17(27)7-11-19/h4-11,14-15,29,31H,12-13H2,1-3H3,(H,28,32). The van der Waals surface area contributed by atoms with Crippen molar-refractivity contribution in [3.63, 3.8) is 0 Å². The average molecular weight is 528 g/mol. The highest BCUT2D eigenvalue weighted by atomic mass is 32.2. The Balaban J connectivity index is 1.81. The Morgan fingerprint density at radius 3 is 2.24 bits per heavy atom. The van der Waals surface area contributed by atoms with E-state index >= 15 is 0 Å². The summed E-state index contributed by atoms with van der Waals surface area (Å²) in [6.07, 6.45) is 1.03. The lowest BCUT2D eigenvalue weighted by Gasteiger charge is -2.23. The third-order valence-corrected chi connectivity index (χ3v) is 6.88. The van der Waals surface area contributed by atoms with Crippen molar-refractivity contribution in [1.82, 2.24) is 5.32 Å². The summed E-state index contributed by atoms with van der Waals surface area (Å²) in [5.41, 5.74) is 2.76. The van der Waals surface area contributed by atoms with Crippen molar-refractivity contribution in [3.8, 4) is 17.1 Å². The molecule has 0 bridgehead atoms. The van der Waals surface area contributed by atoms with Crippen LogP contribution in [0.2, 0.25) is 0 Å². The number of carbonyl (C=O) groups is 1. The van der Waals surface area contributed by atoms with Gasteiger partial charge in [0, 0.05) is 35.4 Å². The number of sulfonamides is 1. The number of carbonyl (C=O) groups excluding carboxylic acids is 1. The Morgan fingerprint density at radius 1 is 1.08 bits per heavy atom. The SMILES string of the molecule is CNC(=O)c1c(-c2ccc(Nc3ccc(F)cc3)cc2)oc2cc(N(CCO)S(C)(=O)=O)c(OC)cc12. The van der Waals surface area contributed by atoms with E-state index in [-0.39, 0.29) is 40.7 Å². The van der Waals surface area contributed by atoms with Gasteiger partial charge in [0.1, 0.15) is 22.9 Å². The molecule has 0 atom stereocenters. The van der Waals surface area contributed by atoms with Crippen molar-refractivity contribution in [2.45, 2.75) is 0 Å². The maximum atomic E-state index is 13.2. The van der Waals surface area contributed by atoms with Crippen LogP contribution in [0.5, 0.6) is 5.75 Å². The Bertz CT molecular complexity index is 1530. The van der Waals surface area contributed by atoms with Gasteiger partial charge in [-0.2, -0.15) is 0 Å². The molecule has 0 unspecified atom stereocenters. The molecule has 9 nitrogen and oxygen atoms in total. The number of aliphatic hydroxyl groups excluding tert-OH is 1. The number of rotatable bonds is 9. The van der Waals surface area contributed by atoms with Gasteiger partial charge in [-0.15, -0.1) is 0 Å². The smallest absolute Gasteiger partial charge is 0.255 e. The van der Waals surface area contributed by atoms with Crippen LogP contribution >= 0.6 is 0 Å². The summed E-state index contributed by atoms with van der Waals surface area (Å²) in [7, 11) is -0.861. The normalized spacial score (nSPS) is 11.4. The Hall–Kier alpha value is -4.09. The second kappa shape index (κ2) is 10.5. The summed E-state index contributed by atoms with van der Waals surface area (Å²) in [4.78, 5) is 12.9. The molecule has 0 fully saturated rings. The minimum atomic E-state index is -3.75. The van der Waals surface area contributed by atoms with E-state index in [1.165, 1.54) is 32.4 Å². The fourth-order valence-electron chi connectivity index (χ4n) is 3.98. The zero-order valence-electron chi connectivity index (χ0n) is 20.4. The molecule has 4 rings (SSSR count). The zero-order valence-corrected chi connectivity index (χ0v) is 21.2.